The van der Waals surface area contributed by atoms with Crippen molar-refractivity contribution in [3.8, 4) is 0 Å². The molecule has 1 aliphatic carbocycles. The first-order valence-electron chi connectivity index (χ1n) is 3.33. The second-order valence-corrected chi connectivity index (χ2v) is 2.47. The molecule has 1 fully saturated rings. The van der Waals surface area contributed by atoms with Crippen LogP contribution in [0.5, 0.6) is 0 Å². The number of ether oxygens (including phenoxy) is 1. The van der Waals surface area contributed by atoms with Gasteiger partial charge in [0.15, 0.2) is 0 Å². The third-order valence-corrected chi connectivity index (χ3v) is 1.84. The average molecular weight is 144 g/mol. The van der Waals surface area contributed by atoms with Gasteiger partial charge >= 0.3 is 6.03 Å². The number of carbonyl (C=O) groups excluding carboxylic acids is 1. The topological polar surface area (TPSA) is 64.3 Å². The largest absolute Gasteiger partial charge is 0.379 e. The van der Waals surface area contributed by atoms with Crippen molar-refractivity contribution in [1.29, 1.82) is 0 Å². The van der Waals surface area contributed by atoms with Crippen molar-refractivity contribution in [2.75, 3.05) is 7.11 Å². The van der Waals surface area contributed by atoms with E-state index in [0.29, 0.717) is 0 Å². The molecule has 2 atom stereocenters. The lowest BCUT2D eigenvalue weighted by molar-refractivity contribution is 0.0113. The van der Waals surface area contributed by atoms with Gasteiger partial charge in [0.25, 0.3) is 0 Å². The molecule has 0 bridgehead atoms. The van der Waals surface area contributed by atoms with Gasteiger partial charge in [-0.25, -0.2) is 4.79 Å². The second-order valence-electron chi connectivity index (χ2n) is 2.47. The Hall–Kier alpha value is -0.770. The molecule has 0 spiro atoms. The van der Waals surface area contributed by atoms with Crippen molar-refractivity contribution in [2.45, 2.75) is 25.0 Å². The van der Waals surface area contributed by atoms with Gasteiger partial charge in [-0.3, -0.25) is 0 Å². The molecule has 0 heterocycles. The van der Waals surface area contributed by atoms with Gasteiger partial charge in [-0.2, -0.15) is 0 Å². The molecule has 1 rings (SSSR count). The highest BCUT2D eigenvalue weighted by Gasteiger charge is 2.31. The molecule has 0 saturated heterocycles. The van der Waals surface area contributed by atoms with Gasteiger partial charge in [-0.15, -0.1) is 0 Å². The molecule has 3 N–H and O–H groups in total. The van der Waals surface area contributed by atoms with Crippen molar-refractivity contribution >= 4 is 6.03 Å². The van der Waals surface area contributed by atoms with Gasteiger partial charge in [0.1, 0.15) is 0 Å². The first-order valence-corrected chi connectivity index (χ1v) is 3.33. The van der Waals surface area contributed by atoms with E-state index in [-0.39, 0.29) is 12.1 Å². The molecule has 0 aromatic heterocycles. The van der Waals surface area contributed by atoms with Crippen molar-refractivity contribution in [2.24, 2.45) is 5.73 Å². The number of amides is 2. The smallest absolute Gasteiger partial charge is 0.312 e. The molecule has 2 unspecified atom stereocenters. The summed E-state index contributed by atoms with van der Waals surface area (Å²) in [6.45, 7) is 0. The Bertz CT molecular complexity index is 136. The number of urea groups is 1. The summed E-state index contributed by atoms with van der Waals surface area (Å²) in [4.78, 5) is 10.3. The van der Waals surface area contributed by atoms with E-state index in [1.807, 2.05) is 0 Å². The van der Waals surface area contributed by atoms with E-state index in [4.69, 9.17) is 10.5 Å². The van der Waals surface area contributed by atoms with Crippen LogP contribution in [0.4, 0.5) is 4.79 Å². The monoisotopic (exact) mass is 144 g/mol. The molecular formula is C6H12N2O2. The van der Waals surface area contributed by atoms with Crippen LogP contribution < -0.4 is 11.1 Å². The molecule has 10 heavy (non-hydrogen) atoms. The van der Waals surface area contributed by atoms with Crippen LogP contribution in [0.15, 0.2) is 0 Å². The van der Waals surface area contributed by atoms with Gasteiger partial charge in [0, 0.05) is 7.11 Å². The zero-order valence-electron chi connectivity index (χ0n) is 5.96. The van der Waals surface area contributed by atoms with E-state index in [1.54, 1.807) is 7.11 Å². The predicted octanol–water partition coefficient (Wildman–Crippen LogP) is -0.168. The summed E-state index contributed by atoms with van der Waals surface area (Å²) in [7, 11) is 1.64. The minimum absolute atomic E-state index is 0.141. The minimum atomic E-state index is -0.466. The standard InChI is InChI=1S/C6H12N2O2/c1-10-5-3-2-4(5)8-6(7)9/h4-5H,2-3H2,1H3,(H3,7,8,9). The van der Waals surface area contributed by atoms with Gasteiger partial charge in [0.2, 0.25) is 0 Å². The normalized spacial score (nSPS) is 30.9. The van der Waals surface area contributed by atoms with E-state index in [0.717, 1.165) is 12.8 Å². The Morgan fingerprint density at radius 3 is 2.70 bits per heavy atom. The molecular weight excluding hydrogens is 132 g/mol. The highest BCUT2D eigenvalue weighted by molar-refractivity contribution is 5.72. The fourth-order valence-corrected chi connectivity index (χ4v) is 1.10. The summed E-state index contributed by atoms with van der Waals surface area (Å²) in [6, 6.07) is -0.325. The maximum atomic E-state index is 10.3. The lowest BCUT2D eigenvalue weighted by Gasteiger charge is -2.35. The van der Waals surface area contributed by atoms with E-state index in [2.05, 4.69) is 5.32 Å². The lowest BCUT2D eigenvalue weighted by Crippen LogP contribution is -2.52. The minimum Gasteiger partial charge on any atom is -0.379 e. The van der Waals surface area contributed by atoms with Gasteiger partial charge in [0.05, 0.1) is 12.1 Å². The lowest BCUT2D eigenvalue weighted by atomic mass is 9.89. The molecule has 0 aromatic rings. The molecule has 1 aliphatic rings. The Balaban J connectivity index is 2.23. The van der Waals surface area contributed by atoms with Gasteiger partial charge in [-0.05, 0) is 12.8 Å². The number of hydrogen-bond acceptors (Lipinski definition) is 2. The number of rotatable bonds is 2. The van der Waals surface area contributed by atoms with Crippen molar-refractivity contribution in [1.82, 2.24) is 5.32 Å². The summed E-state index contributed by atoms with van der Waals surface area (Å²) in [5.74, 6) is 0. The Labute approximate surface area is 59.7 Å². The summed E-state index contributed by atoms with van der Waals surface area (Å²) in [6.07, 6.45) is 2.16. The highest BCUT2D eigenvalue weighted by Crippen LogP contribution is 2.21. The summed E-state index contributed by atoms with van der Waals surface area (Å²) in [5, 5.41) is 2.59. The maximum absolute atomic E-state index is 10.3. The SMILES string of the molecule is COC1CCC1NC(N)=O. The van der Waals surface area contributed by atoms with E-state index in [9.17, 15) is 4.79 Å². The predicted molar refractivity (Wildman–Crippen MR) is 36.5 cm³/mol. The quantitative estimate of drug-likeness (QED) is 0.565. The zero-order valence-corrected chi connectivity index (χ0v) is 5.96. The summed E-state index contributed by atoms with van der Waals surface area (Å²) in [5.41, 5.74) is 4.91. The third kappa shape index (κ3) is 1.39. The van der Waals surface area contributed by atoms with Crippen LogP contribution >= 0.6 is 0 Å². The first kappa shape index (κ1) is 7.34. The second kappa shape index (κ2) is 2.88. The van der Waals surface area contributed by atoms with E-state index >= 15 is 0 Å². The zero-order chi connectivity index (χ0) is 7.56. The number of carbonyl (C=O) groups is 1. The number of hydrogen-bond donors (Lipinski definition) is 2. The fraction of sp³-hybridized carbons (Fsp3) is 0.833. The van der Waals surface area contributed by atoms with Crippen LogP contribution in [0.1, 0.15) is 12.8 Å². The molecule has 1 saturated carbocycles. The summed E-state index contributed by atoms with van der Waals surface area (Å²) >= 11 is 0. The maximum Gasteiger partial charge on any atom is 0.312 e. The molecule has 58 valence electrons. The molecule has 4 heteroatoms. The van der Waals surface area contributed by atoms with Crippen LogP contribution in [0.3, 0.4) is 0 Å². The Morgan fingerprint density at radius 2 is 2.40 bits per heavy atom. The van der Waals surface area contributed by atoms with Crippen LogP contribution in [-0.2, 0) is 4.74 Å². The Kier molecular flexibility index (Phi) is 2.11. The van der Waals surface area contributed by atoms with Gasteiger partial charge in [-0.1, -0.05) is 0 Å². The number of methoxy groups -OCH3 is 1. The van der Waals surface area contributed by atoms with Crippen LogP contribution in [0.2, 0.25) is 0 Å². The average Bonchev–Trinajstić information content (AvgIpc) is 1.82. The van der Waals surface area contributed by atoms with Crippen molar-refractivity contribution in [3.63, 3.8) is 0 Å². The third-order valence-electron chi connectivity index (χ3n) is 1.84. The van der Waals surface area contributed by atoms with E-state index < -0.39 is 6.03 Å². The molecule has 2 amide bonds. The number of nitrogens with two attached hydrogens (primary N) is 1. The molecule has 0 aliphatic heterocycles. The van der Waals surface area contributed by atoms with Crippen LogP contribution in [0, 0.1) is 0 Å². The van der Waals surface area contributed by atoms with E-state index in [1.165, 1.54) is 0 Å². The van der Waals surface area contributed by atoms with Crippen LogP contribution in [0.25, 0.3) is 0 Å². The summed E-state index contributed by atoms with van der Waals surface area (Å²) < 4.78 is 5.03. The molecule has 4 nitrogen and oxygen atoms in total. The molecule has 0 aromatic carbocycles. The van der Waals surface area contributed by atoms with Crippen molar-refractivity contribution < 1.29 is 9.53 Å². The highest BCUT2D eigenvalue weighted by atomic mass is 16.5. The number of primary amides is 1. The first-order chi connectivity index (χ1) is 4.74. The van der Waals surface area contributed by atoms with Crippen molar-refractivity contribution in [3.05, 3.63) is 0 Å². The van der Waals surface area contributed by atoms with Crippen LogP contribution in [-0.4, -0.2) is 25.3 Å². The number of nitrogens with one attached hydrogen (secondary N) is 1. The van der Waals surface area contributed by atoms with Gasteiger partial charge < -0.3 is 15.8 Å². The molecule has 0 radical (unpaired) electrons. The Morgan fingerprint density at radius 1 is 1.70 bits per heavy atom. The fourth-order valence-electron chi connectivity index (χ4n) is 1.10.